The van der Waals surface area contributed by atoms with Gasteiger partial charge in [-0.25, -0.2) is 0 Å². The average Bonchev–Trinajstić information content (AvgIpc) is 3.03. The number of rotatable bonds is 14. The maximum Gasteiger partial charge on any atom is 0.243 e. The van der Waals surface area contributed by atoms with Crippen molar-refractivity contribution in [3.63, 3.8) is 0 Å². The third kappa shape index (κ3) is 8.07. The van der Waals surface area contributed by atoms with Gasteiger partial charge in [-0.1, -0.05) is 125 Å². The number of unbranched alkanes of at least 4 members (excludes halogenated alkanes) is 2. The zero-order chi connectivity index (χ0) is 29.0. The van der Waals surface area contributed by atoms with Crippen LogP contribution in [0.3, 0.4) is 0 Å². The first-order chi connectivity index (χ1) is 20.1. The summed E-state index contributed by atoms with van der Waals surface area (Å²) in [5.41, 5.74) is 13.2. The highest BCUT2D eigenvalue weighted by Crippen LogP contribution is 2.34. The molecule has 41 heavy (non-hydrogen) atoms. The Labute approximate surface area is 247 Å². The van der Waals surface area contributed by atoms with E-state index in [9.17, 15) is 4.79 Å². The summed E-state index contributed by atoms with van der Waals surface area (Å²) < 4.78 is 0. The first-order valence-corrected chi connectivity index (χ1v) is 15.4. The number of carbonyl (C=O) groups excluding carboxylic acids is 1. The van der Waals surface area contributed by atoms with E-state index in [2.05, 4.69) is 118 Å². The van der Waals surface area contributed by atoms with Gasteiger partial charge in [0, 0.05) is 6.54 Å². The lowest BCUT2D eigenvalue weighted by Crippen LogP contribution is -2.22. The fraction of sp³-hybridized carbons (Fsp3) is 0.308. The normalized spacial score (nSPS) is 10.9. The van der Waals surface area contributed by atoms with Crippen molar-refractivity contribution in [3.05, 3.63) is 120 Å². The van der Waals surface area contributed by atoms with Gasteiger partial charge in [-0.3, -0.25) is 4.79 Å². The monoisotopic (exact) mass is 543 g/mol. The van der Waals surface area contributed by atoms with E-state index in [4.69, 9.17) is 0 Å². The van der Waals surface area contributed by atoms with Crippen LogP contribution in [0.4, 0.5) is 0 Å². The summed E-state index contributed by atoms with van der Waals surface area (Å²) in [5.74, 6) is -0.110. The second-order valence-electron chi connectivity index (χ2n) is 10.9. The molecule has 0 aliphatic rings. The van der Waals surface area contributed by atoms with Crippen molar-refractivity contribution in [1.29, 1.82) is 0 Å². The molecule has 212 valence electrons. The molecule has 0 atom stereocenters. The van der Waals surface area contributed by atoms with Gasteiger partial charge in [-0.15, -0.1) is 0 Å². The van der Waals surface area contributed by atoms with Crippen molar-refractivity contribution in [2.24, 2.45) is 0 Å². The van der Waals surface area contributed by atoms with Crippen LogP contribution in [0.5, 0.6) is 0 Å². The van der Waals surface area contributed by atoms with E-state index in [0.29, 0.717) is 6.54 Å². The van der Waals surface area contributed by atoms with Crippen LogP contribution >= 0.6 is 0 Å². The molecule has 0 heterocycles. The van der Waals surface area contributed by atoms with Crippen molar-refractivity contribution < 1.29 is 4.79 Å². The largest absolute Gasteiger partial charge is 0.353 e. The van der Waals surface area contributed by atoms with Crippen LogP contribution in [0.25, 0.3) is 33.4 Å². The van der Waals surface area contributed by atoms with Crippen LogP contribution < -0.4 is 5.32 Å². The molecule has 0 aromatic heterocycles. The molecule has 0 unspecified atom stereocenters. The summed E-state index contributed by atoms with van der Waals surface area (Å²) in [7, 11) is 0. The fourth-order valence-electron chi connectivity index (χ4n) is 5.55. The van der Waals surface area contributed by atoms with Gasteiger partial charge in [-0.2, -0.15) is 0 Å². The maximum atomic E-state index is 11.3. The van der Waals surface area contributed by atoms with E-state index in [1.807, 2.05) is 0 Å². The Morgan fingerprint density at radius 2 is 1.15 bits per heavy atom. The molecule has 0 aliphatic carbocycles. The second-order valence-corrected chi connectivity index (χ2v) is 10.9. The Bertz CT molecular complexity index is 1430. The van der Waals surface area contributed by atoms with Crippen molar-refractivity contribution in [2.75, 3.05) is 6.54 Å². The van der Waals surface area contributed by atoms with Crippen LogP contribution in [-0.4, -0.2) is 12.5 Å². The van der Waals surface area contributed by atoms with Crippen molar-refractivity contribution in [2.45, 2.75) is 72.1 Å². The number of hydrogen-bond acceptors (Lipinski definition) is 1. The van der Waals surface area contributed by atoms with E-state index < -0.39 is 0 Å². The predicted molar refractivity (Wildman–Crippen MR) is 176 cm³/mol. The molecule has 2 heteroatoms. The number of hydrogen-bond donors (Lipinski definition) is 1. The lowest BCUT2D eigenvalue weighted by atomic mass is 9.89. The Morgan fingerprint density at radius 1 is 0.634 bits per heavy atom. The third-order valence-corrected chi connectivity index (χ3v) is 8.03. The van der Waals surface area contributed by atoms with Gasteiger partial charge in [0.25, 0.3) is 0 Å². The van der Waals surface area contributed by atoms with Crippen molar-refractivity contribution in [1.82, 2.24) is 5.32 Å². The zero-order valence-electron chi connectivity index (χ0n) is 25.1. The number of aryl methyl sites for hydroxylation is 4. The molecule has 4 aromatic carbocycles. The SMILES string of the molecule is C=CC(=O)NCCCc1ccc(-c2ccc(-c3ccc(-c4ccc(CCCCC)cc4)cc3CC)cc2CC)cc1. The second kappa shape index (κ2) is 15.2. The molecule has 1 amide bonds. The molecule has 0 aliphatic heterocycles. The van der Waals surface area contributed by atoms with Crippen LogP contribution in [0.2, 0.25) is 0 Å². The predicted octanol–water partition coefficient (Wildman–Crippen LogP) is 9.78. The van der Waals surface area contributed by atoms with Gasteiger partial charge in [-0.05, 0) is 100 Å². The summed E-state index contributed by atoms with van der Waals surface area (Å²) >= 11 is 0. The first-order valence-electron chi connectivity index (χ1n) is 15.4. The minimum atomic E-state index is -0.110. The molecule has 0 saturated carbocycles. The highest BCUT2D eigenvalue weighted by atomic mass is 16.1. The van der Waals surface area contributed by atoms with Crippen molar-refractivity contribution >= 4 is 5.91 Å². The Hall–Kier alpha value is -3.91. The standard InChI is InChI=1S/C39H45NO/c1-5-9-10-12-29-14-18-33(19-15-29)35-22-24-38(31(6-2)27-35)36-23-25-37(32(7-3)28-36)34-20-16-30(17-21-34)13-11-26-40-39(41)8-4/h8,14-25,27-28H,4-7,9-13,26H2,1-3H3,(H,40,41). The molecule has 1 N–H and O–H groups in total. The quantitative estimate of drug-likeness (QED) is 0.124. The molecule has 4 aromatic rings. The highest BCUT2D eigenvalue weighted by Gasteiger charge is 2.11. The Morgan fingerprint density at radius 3 is 1.73 bits per heavy atom. The molecule has 0 fully saturated rings. The summed E-state index contributed by atoms with van der Waals surface area (Å²) in [4.78, 5) is 11.3. The minimum absolute atomic E-state index is 0.110. The molecule has 0 bridgehead atoms. The smallest absolute Gasteiger partial charge is 0.243 e. The van der Waals surface area contributed by atoms with Crippen LogP contribution in [-0.2, 0) is 30.5 Å². The van der Waals surface area contributed by atoms with E-state index in [-0.39, 0.29) is 5.91 Å². The highest BCUT2D eigenvalue weighted by molar-refractivity contribution is 5.86. The molecule has 0 radical (unpaired) electrons. The molecule has 4 rings (SSSR count). The number of amides is 1. The van der Waals surface area contributed by atoms with E-state index in [1.165, 1.54) is 87.4 Å². The Kier molecular flexibility index (Phi) is 11.1. The average molecular weight is 544 g/mol. The molecule has 0 saturated heterocycles. The molecule has 2 nitrogen and oxygen atoms in total. The number of benzene rings is 4. The van der Waals surface area contributed by atoms with Crippen LogP contribution in [0.15, 0.2) is 97.6 Å². The van der Waals surface area contributed by atoms with Crippen molar-refractivity contribution in [3.8, 4) is 33.4 Å². The third-order valence-electron chi connectivity index (χ3n) is 8.03. The van der Waals surface area contributed by atoms with Gasteiger partial charge in [0.2, 0.25) is 5.91 Å². The van der Waals surface area contributed by atoms with Gasteiger partial charge >= 0.3 is 0 Å². The summed E-state index contributed by atoms with van der Waals surface area (Å²) in [6.07, 6.45) is 10.2. The molecular formula is C39H45NO. The van der Waals surface area contributed by atoms with Gasteiger partial charge < -0.3 is 5.32 Å². The first kappa shape index (κ1) is 30.1. The summed E-state index contributed by atoms with van der Waals surface area (Å²) in [6, 6.07) is 32.0. The number of carbonyl (C=O) groups is 1. The summed E-state index contributed by atoms with van der Waals surface area (Å²) in [5, 5.41) is 2.85. The van der Waals surface area contributed by atoms with E-state index >= 15 is 0 Å². The topological polar surface area (TPSA) is 29.1 Å². The van der Waals surface area contributed by atoms with E-state index in [1.54, 1.807) is 0 Å². The van der Waals surface area contributed by atoms with Crippen LogP contribution in [0.1, 0.15) is 68.7 Å². The zero-order valence-corrected chi connectivity index (χ0v) is 25.1. The molecular weight excluding hydrogens is 498 g/mol. The molecule has 0 spiro atoms. The Balaban J connectivity index is 1.49. The lowest BCUT2D eigenvalue weighted by molar-refractivity contribution is -0.116. The van der Waals surface area contributed by atoms with Gasteiger partial charge in [0.05, 0.1) is 0 Å². The fourth-order valence-corrected chi connectivity index (χ4v) is 5.55. The number of nitrogens with one attached hydrogen (secondary N) is 1. The van der Waals surface area contributed by atoms with Gasteiger partial charge in [0.15, 0.2) is 0 Å². The summed E-state index contributed by atoms with van der Waals surface area (Å²) in [6.45, 7) is 10.9. The minimum Gasteiger partial charge on any atom is -0.353 e. The lowest BCUT2D eigenvalue weighted by Gasteiger charge is -2.15. The van der Waals surface area contributed by atoms with Gasteiger partial charge in [0.1, 0.15) is 0 Å². The maximum absolute atomic E-state index is 11.3. The van der Waals surface area contributed by atoms with Crippen LogP contribution in [0, 0.1) is 0 Å². The van der Waals surface area contributed by atoms with E-state index in [0.717, 1.165) is 25.7 Å².